The second kappa shape index (κ2) is 10.6. The summed E-state index contributed by atoms with van der Waals surface area (Å²) in [5, 5.41) is 2.69. The van der Waals surface area contributed by atoms with Gasteiger partial charge in [-0.15, -0.1) is 0 Å². The third-order valence-electron chi connectivity index (χ3n) is 5.65. The first-order valence-electron chi connectivity index (χ1n) is 11.0. The summed E-state index contributed by atoms with van der Waals surface area (Å²) in [7, 11) is 0. The van der Waals surface area contributed by atoms with Crippen molar-refractivity contribution in [1.29, 1.82) is 0 Å². The van der Waals surface area contributed by atoms with E-state index in [1.807, 2.05) is 42.2 Å². The molecular weight excluding hydrogens is 459 g/mol. The number of nitrogens with zero attached hydrogens (tertiary/aromatic N) is 2. The summed E-state index contributed by atoms with van der Waals surface area (Å²) < 4.78 is 51.6. The largest absolute Gasteiger partial charge is 0.467 e. The average molecular weight is 483 g/mol. The second-order valence-corrected chi connectivity index (χ2v) is 8.04. The monoisotopic (exact) mass is 483 g/mol. The van der Waals surface area contributed by atoms with E-state index in [1.54, 1.807) is 18.2 Å². The van der Waals surface area contributed by atoms with Crippen molar-refractivity contribution in [2.75, 3.05) is 0 Å². The Balaban J connectivity index is 1.54. The van der Waals surface area contributed by atoms with Gasteiger partial charge in [-0.1, -0.05) is 48.5 Å². The van der Waals surface area contributed by atoms with Crippen LogP contribution in [-0.4, -0.2) is 15.8 Å². The molecule has 0 fully saturated rings. The molecule has 4 aromatic rings. The minimum absolute atomic E-state index is 0.00808. The third kappa shape index (κ3) is 6.19. The van der Waals surface area contributed by atoms with Crippen LogP contribution in [0.25, 0.3) is 0 Å². The van der Waals surface area contributed by atoms with Crippen LogP contribution in [0.5, 0.6) is 0 Å². The molecule has 35 heavy (non-hydrogen) atoms. The Morgan fingerprint density at radius 1 is 1.00 bits per heavy atom. The van der Waals surface area contributed by atoms with Crippen LogP contribution in [-0.2, 0) is 25.8 Å². The Kier molecular flexibility index (Phi) is 7.36. The maximum absolute atomic E-state index is 13.6. The maximum Gasteiger partial charge on any atom is 0.416 e. The maximum atomic E-state index is 13.6. The lowest BCUT2D eigenvalue weighted by Crippen LogP contribution is -2.28. The number of hydrogen-bond acceptors (Lipinski definition) is 5. The van der Waals surface area contributed by atoms with E-state index in [-0.39, 0.29) is 42.8 Å². The van der Waals surface area contributed by atoms with Crippen molar-refractivity contribution in [2.45, 2.75) is 38.8 Å². The van der Waals surface area contributed by atoms with Gasteiger partial charge in [0.2, 0.25) is 5.89 Å². The van der Waals surface area contributed by atoms with E-state index in [4.69, 9.17) is 8.83 Å². The molecule has 0 aliphatic rings. The van der Waals surface area contributed by atoms with E-state index in [9.17, 15) is 18.0 Å². The van der Waals surface area contributed by atoms with Gasteiger partial charge in [-0.05, 0) is 36.2 Å². The molecule has 1 atom stereocenters. The summed E-state index contributed by atoms with van der Waals surface area (Å²) in [5.41, 5.74) is 0.468. The van der Waals surface area contributed by atoms with Crippen molar-refractivity contribution < 1.29 is 26.8 Å². The number of hydrogen-bond donors (Lipinski definition) is 1. The number of oxazole rings is 1. The number of amides is 1. The Bertz CT molecular complexity index is 1240. The van der Waals surface area contributed by atoms with Gasteiger partial charge in [-0.3, -0.25) is 9.69 Å². The highest BCUT2D eigenvalue weighted by atomic mass is 19.4. The molecule has 1 N–H and O–H groups in total. The van der Waals surface area contributed by atoms with E-state index in [1.165, 1.54) is 24.7 Å². The first-order valence-corrected chi connectivity index (χ1v) is 11.0. The summed E-state index contributed by atoms with van der Waals surface area (Å²) in [6.45, 7) is 2.22. The predicted molar refractivity (Wildman–Crippen MR) is 122 cm³/mol. The standard InChI is InChI=1S/C26H24F3N3O3/c1-18(19-8-3-2-4-9-19)32(15-20-10-5-6-12-22(20)26(27,28)29)16-24-31-23(17-35-24)25(33)30-14-21-11-7-13-34-21/h2-13,17-18H,14-16H2,1H3,(H,30,33)/t18-/m1/s1. The van der Waals surface area contributed by atoms with E-state index in [0.717, 1.165) is 11.6 Å². The van der Waals surface area contributed by atoms with Gasteiger partial charge in [0, 0.05) is 12.6 Å². The molecule has 2 heterocycles. The first-order chi connectivity index (χ1) is 16.8. The molecule has 9 heteroatoms. The average Bonchev–Trinajstić information content (AvgIpc) is 3.54. The van der Waals surface area contributed by atoms with Gasteiger partial charge >= 0.3 is 6.18 Å². The summed E-state index contributed by atoms with van der Waals surface area (Å²) in [5.74, 6) is 0.371. The molecule has 0 spiro atoms. The van der Waals surface area contributed by atoms with Crippen molar-refractivity contribution >= 4 is 5.91 Å². The van der Waals surface area contributed by atoms with E-state index in [2.05, 4.69) is 10.3 Å². The fourth-order valence-corrected chi connectivity index (χ4v) is 3.76. The first kappa shape index (κ1) is 24.3. The minimum atomic E-state index is -4.47. The lowest BCUT2D eigenvalue weighted by atomic mass is 10.0. The van der Waals surface area contributed by atoms with Crippen molar-refractivity contribution in [3.8, 4) is 0 Å². The van der Waals surface area contributed by atoms with Crippen molar-refractivity contribution in [1.82, 2.24) is 15.2 Å². The third-order valence-corrected chi connectivity index (χ3v) is 5.65. The van der Waals surface area contributed by atoms with Crippen LogP contribution < -0.4 is 5.32 Å². The van der Waals surface area contributed by atoms with Crippen LogP contribution in [0.2, 0.25) is 0 Å². The molecule has 0 aliphatic heterocycles. The van der Waals surface area contributed by atoms with Crippen molar-refractivity contribution in [2.24, 2.45) is 0 Å². The molecule has 4 rings (SSSR count). The molecule has 0 saturated carbocycles. The Labute approximate surface area is 200 Å². The molecule has 2 aromatic carbocycles. The van der Waals surface area contributed by atoms with Gasteiger partial charge < -0.3 is 14.2 Å². The zero-order valence-corrected chi connectivity index (χ0v) is 19.0. The molecule has 6 nitrogen and oxygen atoms in total. The van der Waals surface area contributed by atoms with Crippen LogP contribution in [0.4, 0.5) is 13.2 Å². The summed E-state index contributed by atoms with van der Waals surface area (Å²) in [4.78, 5) is 18.5. The van der Waals surface area contributed by atoms with Crippen molar-refractivity contribution in [3.63, 3.8) is 0 Å². The van der Waals surface area contributed by atoms with Gasteiger partial charge in [-0.25, -0.2) is 4.98 Å². The SMILES string of the molecule is C[C@H](c1ccccc1)N(Cc1nc(C(=O)NCc2ccco2)co1)Cc1ccccc1C(F)(F)F. The molecule has 0 aliphatic carbocycles. The van der Waals surface area contributed by atoms with Gasteiger partial charge in [-0.2, -0.15) is 13.2 Å². The molecule has 0 radical (unpaired) electrons. The lowest BCUT2D eigenvalue weighted by Gasteiger charge is -2.29. The molecule has 1 amide bonds. The van der Waals surface area contributed by atoms with Crippen molar-refractivity contribution in [3.05, 3.63) is 113 Å². The van der Waals surface area contributed by atoms with Crippen LogP contribution in [0.1, 0.15) is 51.8 Å². The zero-order chi connectivity index (χ0) is 24.8. The number of alkyl halides is 3. The lowest BCUT2D eigenvalue weighted by molar-refractivity contribution is -0.138. The van der Waals surface area contributed by atoms with Crippen LogP contribution in [0.3, 0.4) is 0 Å². The van der Waals surface area contributed by atoms with Crippen LogP contribution in [0, 0.1) is 0 Å². The highest BCUT2D eigenvalue weighted by Gasteiger charge is 2.34. The molecule has 0 saturated heterocycles. The number of rotatable bonds is 9. The Hall–Kier alpha value is -3.85. The number of halogens is 3. The van der Waals surface area contributed by atoms with Crippen LogP contribution >= 0.6 is 0 Å². The van der Waals surface area contributed by atoms with Gasteiger partial charge in [0.1, 0.15) is 12.0 Å². The number of carbonyl (C=O) groups excluding carboxylic acids is 1. The molecule has 2 aromatic heterocycles. The second-order valence-electron chi connectivity index (χ2n) is 8.04. The molecule has 0 unspecified atom stereocenters. The minimum Gasteiger partial charge on any atom is -0.467 e. The van der Waals surface area contributed by atoms with E-state index < -0.39 is 17.6 Å². The molecular formula is C26H24F3N3O3. The smallest absolute Gasteiger partial charge is 0.416 e. The normalized spacial score (nSPS) is 12.6. The summed E-state index contributed by atoms with van der Waals surface area (Å²) >= 11 is 0. The highest BCUT2D eigenvalue weighted by Crippen LogP contribution is 2.34. The number of nitrogens with one attached hydrogen (secondary N) is 1. The molecule has 0 bridgehead atoms. The zero-order valence-electron chi connectivity index (χ0n) is 19.0. The number of furan rings is 1. The quantitative estimate of drug-likeness (QED) is 0.317. The topological polar surface area (TPSA) is 71.5 Å². The summed E-state index contributed by atoms with van der Waals surface area (Å²) in [6, 6.07) is 18.2. The van der Waals surface area contributed by atoms with Gasteiger partial charge in [0.25, 0.3) is 5.91 Å². The number of benzene rings is 2. The van der Waals surface area contributed by atoms with Crippen LogP contribution in [0.15, 0.2) is 88.1 Å². The predicted octanol–water partition coefficient (Wildman–Crippen LogP) is 5.98. The number of aromatic nitrogens is 1. The van der Waals surface area contributed by atoms with E-state index in [0.29, 0.717) is 5.76 Å². The molecule has 182 valence electrons. The Morgan fingerprint density at radius 2 is 1.74 bits per heavy atom. The Morgan fingerprint density at radius 3 is 2.46 bits per heavy atom. The fraction of sp³-hybridized carbons (Fsp3) is 0.231. The summed E-state index contributed by atoms with van der Waals surface area (Å²) in [6.07, 6.45) is -1.72. The fourth-order valence-electron chi connectivity index (χ4n) is 3.76. The van der Waals surface area contributed by atoms with Gasteiger partial charge in [0.05, 0.1) is 24.9 Å². The number of carbonyl (C=O) groups is 1. The van der Waals surface area contributed by atoms with E-state index >= 15 is 0 Å². The van der Waals surface area contributed by atoms with Gasteiger partial charge in [0.15, 0.2) is 5.69 Å². The highest BCUT2D eigenvalue weighted by molar-refractivity contribution is 5.91.